The average Bonchev–Trinajstić information content (AvgIpc) is 2.39. The van der Waals surface area contributed by atoms with Crippen LogP contribution in [-0.2, 0) is 15.0 Å². The van der Waals surface area contributed by atoms with E-state index in [1.807, 2.05) is 0 Å². The van der Waals surface area contributed by atoms with Gasteiger partial charge in [-0.05, 0) is 32.1 Å². The van der Waals surface area contributed by atoms with Gasteiger partial charge in [-0.2, -0.15) is 17.0 Å². The molecule has 0 bridgehead atoms. The molecular formula is C11H20N2O4S. The second-order valence-corrected chi connectivity index (χ2v) is 6.81. The predicted molar refractivity (Wildman–Crippen MR) is 66.3 cm³/mol. The summed E-state index contributed by atoms with van der Waals surface area (Å²) in [5.41, 5.74) is 0. The number of nitrogens with zero attached hydrogens (tertiary/aromatic N) is 2. The molecule has 2 rings (SSSR count). The minimum atomic E-state index is -3.59. The highest BCUT2D eigenvalue weighted by molar-refractivity contribution is 7.86. The van der Waals surface area contributed by atoms with E-state index in [4.69, 9.17) is 5.11 Å². The van der Waals surface area contributed by atoms with Crippen molar-refractivity contribution in [2.75, 3.05) is 19.6 Å². The topological polar surface area (TPSA) is 77.9 Å². The molecule has 1 N–H and O–H groups in total. The number of hydrogen-bond acceptors (Lipinski definition) is 3. The second kappa shape index (κ2) is 5.54. The number of aliphatic carboxylic acids is 1. The molecule has 7 heteroatoms. The molecule has 2 heterocycles. The Morgan fingerprint density at radius 2 is 1.61 bits per heavy atom. The van der Waals surface area contributed by atoms with Gasteiger partial charge in [0.25, 0.3) is 10.2 Å². The van der Waals surface area contributed by atoms with Gasteiger partial charge in [0.2, 0.25) is 0 Å². The minimum absolute atomic E-state index is 0.329. The van der Waals surface area contributed by atoms with Crippen LogP contribution in [0, 0.1) is 0 Å². The number of piperidine rings is 2. The molecule has 0 saturated carbocycles. The number of rotatable bonds is 3. The fraction of sp³-hybridized carbons (Fsp3) is 0.909. The Morgan fingerprint density at radius 3 is 2.22 bits per heavy atom. The maximum absolute atomic E-state index is 12.4. The van der Waals surface area contributed by atoms with Crippen molar-refractivity contribution in [3.05, 3.63) is 0 Å². The summed E-state index contributed by atoms with van der Waals surface area (Å²) in [5.74, 6) is -1.03. The van der Waals surface area contributed by atoms with Gasteiger partial charge in [0.1, 0.15) is 6.04 Å². The van der Waals surface area contributed by atoms with Crippen molar-refractivity contribution in [1.82, 2.24) is 8.61 Å². The van der Waals surface area contributed by atoms with Crippen molar-refractivity contribution in [3.63, 3.8) is 0 Å². The van der Waals surface area contributed by atoms with E-state index in [0.717, 1.165) is 32.1 Å². The first-order valence-electron chi connectivity index (χ1n) is 6.53. The molecule has 2 saturated heterocycles. The maximum atomic E-state index is 12.4. The Morgan fingerprint density at radius 1 is 1.00 bits per heavy atom. The Labute approximate surface area is 108 Å². The molecule has 0 radical (unpaired) electrons. The standard InChI is InChI=1S/C11H20N2O4S/c14-11(15)10-6-2-5-9-13(10)18(16,17)12-7-3-1-4-8-12/h10H,1-9H2,(H,14,15)/t10-/m0/s1. The van der Waals surface area contributed by atoms with Crippen LogP contribution in [0.15, 0.2) is 0 Å². The number of carboxylic acids is 1. The van der Waals surface area contributed by atoms with Gasteiger partial charge in [-0.1, -0.05) is 6.42 Å². The lowest BCUT2D eigenvalue weighted by atomic mass is 10.1. The molecule has 0 unspecified atom stereocenters. The van der Waals surface area contributed by atoms with Crippen LogP contribution in [-0.4, -0.2) is 53.8 Å². The number of carboxylic acid groups (broad SMARTS) is 1. The highest BCUT2D eigenvalue weighted by Crippen LogP contribution is 2.24. The van der Waals surface area contributed by atoms with Crippen molar-refractivity contribution in [2.24, 2.45) is 0 Å². The monoisotopic (exact) mass is 276 g/mol. The third-order valence-corrected chi connectivity index (χ3v) is 5.72. The summed E-state index contributed by atoms with van der Waals surface area (Å²) in [7, 11) is -3.59. The Balaban J connectivity index is 2.18. The lowest BCUT2D eigenvalue weighted by molar-refractivity contribution is -0.142. The number of carbonyl (C=O) groups is 1. The fourth-order valence-corrected chi connectivity index (χ4v) is 4.57. The van der Waals surface area contributed by atoms with Crippen LogP contribution in [0.5, 0.6) is 0 Å². The van der Waals surface area contributed by atoms with E-state index < -0.39 is 22.2 Å². The lowest BCUT2D eigenvalue weighted by Crippen LogP contribution is -2.54. The molecule has 0 aliphatic carbocycles. The highest BCUT2D eigenvalue weighted by atomic mass is 32.2. The molecule has 0 aromatic carbocycles. The SMILES string of the molecule is O=C(O)[C@@H]1CCCCN1S(=O)(=O)N1CCCCC1. The lowest BCUT2D eigenvalue weighted by Gasteiger charge is -2.37. The molecule has 2 aliphatic heterocycles. The van der Waals surface area contributed by atoms with Gasteiger partial charge >= 0.3 is 5.97 Å². The summed E-state index contributed by atoms with van der Waals surface area (Å²) >= 11 is 0. The Bertz CT molecular complexity index is 403. The summed E-state index contributed by atoms with van der Waals surface area (Å²) in [6.07, 6.45) is 4.73. The van der Waals surface area contributed by atoms with E-state index >= 15 is 0 Å². The van der Waals surface area contributed by atoms with E-state index in [1.165, 1.54) is 8.61 Å². The first-order valence-corrected chi connectivity index (χ1v) is 7.93. The summed E-state index contributed by atoms with van der Waals surface area (Å²) < 4.78 is 27.5. The zero-order chi connectivity index (χ0) is 13.2. The summed E-state index contributed by atoms with van der Waals surface area (Å²) in [4.78, 5) is 11.2. The molecule has 0 aromatic rings. The molecule has 0 amide bonds. The molecule has 104 valence electrons. The van der Waals surface area contributed by atoms with Crippen LogP contribution in [0.25, 0.3) is 0 Å². The summed E-state index contributed by atoms with van der Waals surface area (Å²) in [6.45, 7) is 1.37. The third kappa shape index (κ3) is 2.67. The largest absolute Gasteiger partial charge is 0.480 e. The van der Waals surface area contributed by atoms with Crippen molar-refractivity contribution in [2.45, 2.75) is 44.6 Å². The molecule has 0 spiro atoms. The van der Waals surface area contributed by atoms with Crippen LogP contribution >= 0.6 is 0 Å². The van der Waals surface area contributed by atoms with E-state index in [0.29, 0.717) is 26.1 Å². The van der Waals surface area contributed by atoms with Crippen LogP contribution in [0.1, 0.15) is 38.5 Å². The van der Waals surface area contributed by atoms with Crippen molar-refractivity contribution in [3.8, 4) is 0 Å². The summed E-state index contributed by atoms with van der Waals surface area (Å²) in [6, 6.07) is -0.884. The smallest absolute Gasteiger partial charge is 0.322 e. The van der Waals surface area contributed by atoms with Crippen molar-refractivity contribution in [1.29, 1.82) is 0 Å². The molecule has 18 heavy (non-hydrogen) atoms. The van der Waals surface area contributed by atoms with Gasteiger partial charge in [-0.3, -0.25) is 4.79 Å². The van der Waals surface area contributed by atoms with Gasteiger partial charge in [0, 0.05) is 19.6 Å². The van der Waals surface area contributed by atoms with Gasteiger partial charge in [0.15, 0.2) is 0 Å². The first-order chi connectivity index (χ1) is 8.53. The van der Waals surface area contributed by atoms with E-state index in [2.05, 4.69) is 0 Å². The third-order valence-electron chi connectivity index (χ3n) is 3.68. The first kappa shape index (κ1) is 13.8. The summed E-state index contributed by atoms with van der Waals surface area (Å²) in [5, 5.41) is 9.15. The van der Waals surface area contributed by atoms with Gasteiger partial charge in [0.05, 0.1) is 0 Å². The van der Waals surface area contributed by atoms with Gasteiger partial charge < -0.3 is 5.11 Å². The number of hydrogen-bond donors (Lipinski definition) is 1. The van der Waals surface area contributed by atoms with Crippen molar-refractivity contribution < 1.29 is 18.3 Å². The van der Waals surface area contributed by atoms with Crippen molar-refractivity contribution >= 4 is 16.2 Å². The molecule has 2 fully saturated rings. The predicted octanol–water partition coefficient (Wildman–Crippen LogP) is 0.656. The van der Waals surface area contributed by atoms with E-state index in [9.17, 15) is 13.2 Å². The highest BCUT2D eigenvalue weighted by Gasteiger charge is 2.40. The maximum Gasteiger partial charge on any atom is 0.322 e. The Hall–Kier alpha value is -0.660. The van der Waals surface area contributed by atoms with E-state index in [1.54, 1.807) is 0 Å². The van der Waals surface area contributed by atoms with Gasteiger partial charge in [-0.15, -0.1) is 0 Å². The Kier molecular flexibility index (Phi) is 4.24. The second-order valence-electron chi connectivity index (χ2n) is 4.93. The zero-order valence-electron chi connectivity index (χ0n) is 10.4. The molecule has 6 nitrogen and oxygen atoms in total. The quantitative estimate of drug-likeness (QED) is 0.821. The normalized spacial score (nSPS) is 28.1. The van der Waals surface area contributed by atoms with Crippen LogP contribution in [0.4, 0.5) is 0 Å². The molecule has 2 aliphatic rings. The molecular weight excluding hydrogens is 256 g/mol. The molecule has 1 atom stereocenters. The molecule has 0 aromatic heterocycles. The van der Waals surface area contributed by atoms with Crippen LogP contribution < -0.4 is 0 Å². The average molecular weight is 276 g/mol. The van der Waals surface area contributed by atoms with E-state index in [-0.39, 0.29) is 0 Å². The minimum Gasteiger partial charge on any atom is -0.480 e. The van der Waals surface area contributed by atoms with Crippen LogP contribution in [0.2, 0.25) is 0 Å². The zero-order valence-corrected chi connectivity index (χ0v) is 11.2. The van der Waals surface area contributed by atoms with Crippen LogP contribution in [0.3, 0.4) is 0 Å². The van der Waals surface area contributed by atoms with Gasteiger partial charge in [-0.25, -0.2) is 0 Å². The fourth-order valence-electron chi connectivity index (χ4n) is 2.67.